The molecule has 9 heteroatoms. The molecule has 4 aromatic carbocycles. The normalized spacial score (nSPS) is 13.9. The second-order valence-corrected chi connectivity index (χ2v) is 10.9. The molecule has 0 unspecified atom stereocenters. The van der Waals surface area contributed by atoms with Crippen LogP contribution in [0, 0.1) is 0 Å². The number of nitrogens with zero attached hydrogens (tertiary/aromatic N) is 2. The summed E-state index contributed by atoms with van der Waals surface area (Å²) in [6.07, 6.45) is 1.50. The summed E-state index contributed by atoms with van der Waals surface area (Å²) >= 11 is 6.12. The zero-order valence-corrected chi connectivity index (χ0v) is 24.1. The van der Waals surface area contributed by atoms with E-state index in [0.717, 1.165) is 48.0 Å². The smallest absolute Gasteiger partial charge is 0.314 e. The number of hydrogen-bond donors (Lipinski definition) is 3. The largest absolute Gasteiger partial charge is 0.351 e. The van der Waals surface area contributed by atoms with E-state index in [9.17, 15) is 14.4 Å². The van der Waals surface area contributed by atoms with Crippen LogP contribution in [0.2, 0.25) is 5.02 Å². The zero-order chi connectivity index (χ0) is 29.5. The molecular formula is C33H34ClN5O3. The van der Waals surface area contributed by atoms with Crippen LogP contribution in [0.25, 0.3) is 10.8 Å². The fourth-order valence-corrected chi connectivity index (χ4v) is 5.48. The van der Waals surface area contributed by atoms with Gasteiger partial charge in [-0.05, 0) is 71.6 Å². The first kappa shape index (κ1) is 29.1. The maximum atomic E-state index is 13.3. The number of amides is 4. The third-order valence-electron chi connectivity index (χ3n) is 7.62. The third kappa shape index (κ3) is 7.26. The SMILES string of the molecule is NC(=O)N1CCCN(CCc2ccc(C(=O)NCc3cccc4ccccc34)cc2NC(=O)c2cccc(Cl)c2)CC1. The molecule has 0 atom stereocenters. The lowest BCUT2D eigenvalue weighted by Gasteiger charge is -2.21. The number of carbonyl (C=O) groups is 3. The number of fused-ring (bicyclic) bond motifs is 1. The van der Waals surface area contributed by atoms with Crippen LogP contribution in [-0.4, -0.2) is 60.4 Å². The van der Waals surface area contributed by atoms with Gasteiger partial charge in [-0.15, -0.1) is 0 Å². The highest BCUT2D eigenvalue weighted by molar-refractivity contribution is 6.31. The van der Waals surface area contributed by atoms with E-state index >= 15 is 0 Å². The van der Waals surface area contributed by atoms with Crippen molar-refractivity contribution in [3.05, 3.63) is 112 Å². The minimum Gasteiger partial charge on any atom is -0.351 e. The highest BCUT2D eigenvalue weighted by Gasteiger charge is 2.19. The molecule has 1 heterocycles. The van der Waals surface area contributed by atoms with Gasteiger partial charge in [0.15, 0.2) is 0 Å². The first-order chi connectivity index (χ1) is 20.4. The van der Waals surface area contributed by atoms with Gasteiger partial charge in [-0.3, -0.25) is 9.59 Å². The predicted octanol–water partition coefficient (Wildman–Crippen LogP) is 5.30. The average molecular weight is 584 g/mol. The zero-order valence-electron chi connectivity index (χ0n) is 23.3. The van der Waals surface area contributed by atoms with Crippen LogP contribution in [0.4, 0.5) is 10.5 Å². The molecule has 0 spiro atoms. The summed E-state index contributed by atoms with van der Waals surface area (Å²) in [6, 6.07) is 25.9. The number of anilines is 1. The van der Waals surface area contributed by atoms with Gasteiger partial charge in [-0.2, -0.15) is 0 Å². The number of carbonyl (C=O) groups excluding carboxylic acids is 3. The van der Waals surface area contributed by atoms with Crippen LogP contribution in [0.1, 0.15) is 38.3 Å². The fourth-order valence-electron chi connectivity index (χ4n) is 5.29. The van der Waals surface area contributed by atoms with Crippen LogP contribution in [-0.2, 0) is 13.0 Å². The van der Waals surface area contributed by atoms with Crippen molar-refractivity contribution in [2.45, 2.75) is 19.4 Å². The monoisotopic (exact) mass is 583 g/mol. The average Bonchev–Trinajstić information content (AvgIpc) is 3.25. The predicted molar refractivity (Wildman–Crippen MR) is 167 cm³/mol. The van der Waals surface area contributed by atoms with E-state index in [1.165, 1.54) is 0 Å². The molecule has 0 aliphatic carbocycles. The van der Waals surface area contributed by atoms with E-state index in [-0.39, 0.29) is 11.8 Å². The van der Waals surface area contributed by atoms with Crippen LogP contribution < -0.4 is 16.4 Å². The molecule has 0 aromatic heterocycles. The standard InChI is InChI=1S/C33H34ClN5O3/c34-28-10-4-8-25(20-28)32(41)37-30-21-26(31(40)36-22-27-9-3-7-23-6-1-2-11-29(23)27)13-12-24(30)14-17-38-15-5-16-39(19-18-38)33(35)42/h1-4,6-13,20-21H,5,14-19,22H2,(H2,35,42)(H,36,40)(H,37,41). The Morgan fingerprint density at radius 1 is 0.786 bits per heavy atom. The molecule has 0 radical (unpaired) electrons. The van der Waals surface area contributed by atoms with Gasteiger partial charge in [0.25, 0.3) is 11.8 Å². The molecule has 0 bridgehead atoms. The van der Waals surface area contributed by atoms with Crippen molar-refractivity contribution in [2.24, 2.45) is 5.73 Å². The Kier molecular flexibility index (Phi) is 9.36. The molecule has 8 nitrogen and oxygen atoms in total. The number of nitrogens with two attached hydrogens (primary N) is 1. The number of primary amides is 1. The van der Waals surface area contributed by atoms with Crippen molar-refractivity contribution in [2.75, 3.05) is 38.0 Å². The van der Waals surface area contributed by atoms with Crippen molar-refractivity contribution in [1.29, 1.82) is 0 Å². The molecule has 4 aromatic rings. The van der Waals surface area contributed by atoms with Gasteiger partial charge in [0.2, 0.25) is 0 Å². The Morgan fingerprint density at radius 2 is 1.57 bits per heavy atom. The molecule has 0 saturated carbocycles. The molecule has 1 aliphatic heterocycles. The lowest BCUT2D eigenvalue weighted by Crippen LogP contribution is -2.38. The summed E-state index contributed by atoms with van der Waals surface area (Å²) in [5.41, 5.74) is 8.87. The number of nitrogens with one attached hydrogen (secondary N) is 2. The lowest BCUT2D eigenvalue weighted by molar-refractivity contribution is 0.0949. The van der Waals surface area contributed by atoms with Crippen molar-refractivity contribution in [1.82, 2.24) is 15.1 Å². The molecule has 4 N–H and O–H groups in total. The highest BCUT2D eigenvalue weighted by atomic mass is 35.5. The molecule has 216 valence electrons. The topological polar surface area (TPSA) is 108 Å². The van der Waals surface area contributed by atoms with Crippen LogP contribution in [0.3, 0.4) is 0 Å². The summed E-state index contributed by atoms with van der Waals surface area (Å²) in [7, 11) is 0. The minimum atomic E-state index is -0.391. The van der Waals surface area contributed by atoms with Crippen LogP contribution in [0.5, 0.6) is 0 Å². The van der Waals surface area contributed by atoms with Crippen molar-refractivity contribution in [3.8, 4) is 0 Å². The number of hydrogen-bond acceptors (Lipinski definition) is 4. The lowest BCUT2D eigenvalue weighted by atomic mass is 10.0. The van der Waals surface area contributed by atoms with Gasteiger partial charge in [-0.25, -0.2) is 4.79 Å². The van der Waals surface area contributed by atoms with E-state index in [2.05, 4.69) is 15.5 Å². The maximum Gasteiger partial charge on any atom is 0.314 e. The van der Waals surface area contributed by atoms with E-state index in [1.54, 1.807) is 41.3 Å². The Bertz CT molecular complexity index is 1600. The van der Waals surface area contributed by atoms with E-state index < -0.39 is 6.03 Å². The Balaban J connectivity index is 1.33. The molecular weight excluding hydrogens is 550 g/mol. The summed E-state index contributed by atoms with van der Waals surface area (Å²) in [5.74, 6) is -0.536. The molecule has 1 fully saturated rings. The summed E-state index contributed by atoms with van der Waals surface area (Å²) in [4.78, 5) is 42.0. The number of benzene rings is 4. The van der Waals surface area contributed by atoms with Gasteiger partial charge >= 0.3 is 6.03 Å². The minimum absolute atomic E-state index is 0.230. The second-order valence-electron chi connectivity index (χ2n) is 10.4. The molecule has 1 saturated heterocycles. The summed E-state index contributed by atoms with van der Waals surface area (Å²) in [5, 5.41) is 8.71. The van der Waals surface area contributed by atoms with Crippen molar-refractivity contribution < 1.29 is 14.4 Å². The Labute approximate surface area is 250 Å². The van der Waals surface area contributed by atoms with Gasteiger partial charge in [-0.1, -0.05) is 66.2 Å². The summed E-state index contributed by atoms with van der Waals surface area (Å²) in [6.45, 7) is 3.92. The van der Waals surface area contributed by atoms with Gasteiger partial charge in [0.05, 0.1) is 0 Å². The van der Waals surface area contributed by atoms with Crippen LogP contribution in [0.15, 0.2) is 84.9 Å². The Morgan fingerprint density at radius 3 is 2.40 bits per heavy atom. The first-order valence-corrected chi connectivity index (χ1v) is 14.5. The molecule has 1 aliphatic rings. The fraction of sp³-hybridized carbons (Fsp3) is 0.242. The van der Waals surface area contributed by atoms with Gasteiger partial charge < -0.3 is 26.2 Å². The number of halogens is 1. The van der Waals surface area contributed by atoms with E-state index in [1.807, 2.05) is 48.5 Å². The first-order valence-electron chi connectivity index (χ1n) is 14.1. The van der Waals surface area contributed by atoms with Gasteiger partial charge in [0.1, 0.15) is 0 Å². The third-order valence-corrected chi connectivity index (χ3v) is 7.86. The quantitative estimate of drug-likeness (QED) is 0.261. The highest BCUT2D eigenvalue weighted by Crippen LogP contribution is 2.23. The van der Waals surface area contributed by atoms with Gasteiger partial charge in [0, 0.05) is 54.6 Å². The van der Waals surface area contributed by atoms with Crippen LogP contribution >= 0.6 is 11.6 Å². The van der Waals surface area contributed by atoms with Crippen molar-refractivity contribution in [3.63, 3.8) is 0 Å². The Hall–Kier alpha value is -4.40. The summed E-state index contributed by atoms with van der Waals surface area (Å²) < 4.78 is 0. The molecule has 4 amide bonds. The number of rotatable bonds is 8. The molecule has 5 rings (SSSR count). The second kappa shape index (κ2) is 13.5. The molecule has 42 heavy (non-hydrogen) atoms. The van der Waals surface area contributed by atoms with Crippen molar-refractivity contribution >= 4 is 45.9 Å². The number of urea groups is 1. The van der Waals surface area contributed by atoms with E-state index in [0.29, 0.717) is 47.9 Å². The maximum absolute atomic E-state index is 13.3. The van der Waals surface area contributed by atoms with E-state index in [4.69, 9.17) is 17.3 Å².